The van der Waals surface area contributed by atoms with Gasteiger partial charge in [0.25, 0.3) is 0 Å². The monoisotopic (exact) mass is 316 g/mol. The lowest BCUT2D eigenvalue weighted by atomic mass is 9.81. The zero-order valence-electron chi connectivity index (χ0n) is 13.5. The number of nitrogens with zero attached hydrogens (tertiary/aromatic N) is 2. The van der Waals surface area contributed by atoms with Crippen molar-refractivity contribution in [2.45, 2.75) is 38.9 Å². The van der Waals surface area contributed by atoms with Gasteiger partial charge in [0.2, 0.25) is 0 Å². The van der Waals surface area contributed by atoms with Crippen LogP contribution in [0, 0.1) is 5.82 Å². The number of rotatable bonds is 3. The second kappa shape index (κ2) is 5.58. The normalized spacial score (nSPS) is 18.9. The van der Waals surface area contributed by atoms with E-state index in [1.54, 1.807) is 24.5 Å². The zero-order valence-corrected chi connectivity index (χ0v) is 13.5. The van der Waals surface area contributed by atoms with Crippen LogP contribution >= 0.6 is 0 Å². The molecule has 1 aliphatic rings. The molecule has 1 aromatic heterocycles. The van der Waals surface area contributed by atoms with Crippen molar-refractivity contribution in [2.75, 3.05) is 0 Å². The predicted molar refractivity (Wildman–Crippen MR) is 84.2 cm³/mol. The van der Waals surface area contributed by atoms with Crippen molar-refractivity contribution >= 4 is 12.6 Å². The van der Waals surface area contributed by atoms with E-state index in [0.29, 0.717) is 11.2 Å². The van der Waals surface area contributed by atoms with Gasteiger partial charge in [-0.2, -0.15) is 0 Å². The molecule has 5 nitrogen and oxygen atoms in total. The second-order valence-corrected chi connectivity index (χ2v) is 6.45. The Morgan fingerprint density at radius 3 is 2.22 bits per heavy atom. The Balaban J connectivity index is 1.73. The minimum atomic E-state index is -0.525. The largest absolute Gasteiger partial charge is 0.498 e. The molecule has 0 radical (unpaired) electrons. The Morgan fingerprint density at radius 1 is 1.04 bits per heavy atom. The van der Waals surface area contributed by atoms with E-state index in [-0.39, 0.29) is 11.8 Å². The average Bonchev–Trinajstić information content (AvgIpc) is 2.68. The Kier molecular flexibility index (Phi) is 3.86. The Bertz CT molecular complexity index is 691. The first-order valence-corrected chi connectivity index (χ1v) is 7.38. The summed E-state index contributed by atoms with van der Waals surface area (Å²) in [4.78, 5) is 8.26. The molecule has 7 heteroatoms. The molecule has 1 fully saturated rings. The fourth-order valence-corrected chi connectivity index (χ4v) is 2.12. The first-order chi connectivity index (χ1) is 10.8. The van der Waals surface area contributed by atoms with E-state index in [9.17, 15) is 4.39 Å². The number of ether oxygens (including phenoxy) is 1. The SMILES string of the molecule is CC1(C)OB(c2cnc(Oc3cccc(F)c3)nc2)OC1(C)C. The highest BCUT2D eigenvalue weighted by Gasteiger charge is 2.51. The van der Waals surface area contributed by atoms with Gasteiger partial charge < -0.3 is 14.0 Å². The third kappa shape index (κ3) is 3.21. The molecular weight excluding hydrogens is 298 g/mol. The molecule has 0 atom stereocenters. The van der Waals surface area contributed by atoms with Gasteiger partial charge in [-0.1, -0.05) is 6.07 Å². The van der Waals surface area contributed by atoms with Gasteiger partial charge in [0.1, 0.15) is 11.6 Å². The van der Waals surface area contributed by atoms with Crippen LogP contribution in [0.25, 0.3) is 0 Å². The molecule has 0 spiro atoms. The first kappa shape index (κ1) is 15.9. The van der Waals surface area contributed by atoms with Gasteiger partial charge in [-0.05, 0) is 39.8 Å². The summed E-state index contributed by atoms with van der Waals surface area (Å²) in [7, 11) is -0.525. The molecule has 23 heavy (non-hydrogen) atoms. The van der Waals surface area contributed by atoms with Crippen molar-refractivity contribution in [2.24, 2.45) is 0 Å². The molecule has 120 valence electrons. The van der Waals surface area contributed by atoms with E-state index >= 15 is 0 Å². The highest BCUT2D eigenvalue weighted by molar-refractivity contribution is 6.61. The van der Waals surface area contributed by atoms with Gasteiger partial charge in [0.05, 0.1) is 11.2 Å². The molecule has 0 bridgehead atoms. The summed E-state index contributed by atoms with van der Waals surface area (Å²) >= 11 is 0. The smallest absolute Gasteiger partial charge is 0.424 e. The topological polar surface area (TPSA) is 53.5 Å². The Labute approximate surface area is 135 Å². The zero-order chi connectivity index (χ0) is 16.7. The van der Waals surface area contributed by atoms with Gasteiger partial charge >= 0.3 is 13.1 Å². The molecule has 1 aromatic carbocycles. The van der Waals surface area contributed by atoms with Crippen molar-refractivity contribution in [3.05, 3.63) is 42.5 Å². The molecule has 0 N–H and O–H groups in total. The molecule has 0 aliphatic carbocycles. The van der Waals surface area contributed by atoms with Gasteiger partial charge in [-0.25, -0.2) is 14.4 Å². The van der Waals surface area contributed by atoms with Crippen LogP contribution in [0.4, 0.5) is 4.39 Å². The van der Waals surface area contributed by atoms with E-state index in [4.69, 9.17) is 14.0 Å². The van der Waals surface area contributed by atoms with Crippen LogP contribution in [0.3, 0.4) is 0 Å². The van der Waals surface area contributed by atoms with E-state index in [2.05, 4.69) is 9.97 Å². The van der Waals surface area contributed by atoms with Crippen LogP contribution in [-0.4, -0.2) is 28.3 Å². The van der Waals surface area contributed by atoms with Crippen molar-refractivity contribution in [3.63, 3.8) is 0 Å². The van der Waals surface area contributed by atoms with E-state index in [1.165, 1.54) is 12.1 Å². The first-order valence-electron chi connectivity index (χ1n) is 7.38. The highest BCUT2D eigenvalue weighted by Crippen LogP contribution is 2.36. The molecule has 0 saturated carbocycles. The standard InChI is InChI=1S/C16H18BFN2O3/c1-15(2)16(3,4)23-17(22-15)11-9-19-14(20-10-11)21-13-7-5-6-12(18)8-13/h5-10H,1-4H3. The fraction of sp³-hybridized carbons (Fsp3) is 0.375. The fourth-order valence-electron chi connectivity index (χ4n) is 2.12. The summed E-state index contributed by atoms with van der Waals surface area (Å²) < 4.78 is 30.4. The third-order valence-corrected chi connectivity index (χ3v) is 4.18. The predicted octanol–water partition coefficient (Wildman–Crippen LogP) is 2.71. The third-order valence-electron chi connectivity index (χ3n) is 4.18. The summed E-state index contributed by atoms with van der Waals surface area (Å²) in [6, 6.07) is 5.94. The lowest BCUT2D eigenvalue weighted by molar-refractivity contribution is 0.00578. The molecule has 1 saturated heterocycles. The summed E-state index contributed by atoms with van der Waals surface area (Å²) in [5.41, 5.74) is -0.141. The minimum Gasteiger partial charge on any atom is -0.424 e. The number of hydrogen-bond acceptors (Lipinski definition) is 5. The molecule has 1 aliphatic heterocycles. The van der Waals surface area contributed by atoms with E-state index < -0.39 is 18.3 Å². The maximum absolute atomic E-state index is 13.1. The maximum atomic E-state index is 13.1. The summed E-state index contributed by atoms with van der Waals surface area (Å²) in [6.07, 6.45) is 3.17. The number of aromatic nitrogens is 2. The van der Waals surface area contributed by atoms with Crippen LogP contribution in [-0.2, 0) is 9.31 Å². The van der Waals surface area contributed by atoms with Crippen LogP contribution in [0.15, 0.2) is 36.7 Å². The van der Waals surface area contributed by atoms with Gasteiger partial charge in [-0.15, -0.1) is 0 Å². The van der Waals surface area contributed by atoms with Crippen molar-refractivity contribution in [3.8, 4) is 11.8 Å². The van der Waals surface area contributed by atoms with Crippen LogP contribution in [0.5, 0.6) is 11.8 Å². The van der Waals surface area contributed by atoms with Gasteiger partial charge in [-0.3, -0.25) is 0 Å². The molecule has 2 aromatic rings. The average molecular weight is 316 g/mol. The quantitative estimate of drug-likeness (QED) is 0.815. The van der Waals surface area contributed by atoms with E-state index in [0.717, 1.165) is 0 Å². The molecule has 0 unspecified atom stereocenters. The Morgan fingerprint density at radius 2 is 1.65 bits per heavy atom. The van der Waals surface area contributed by atoms with Crippen molar-refractivity contribution in [1.82, 2.24) is 9.97 Å². The summed E-state index contributed by atoms with van der Waals surface area (Å²) in [5, 5.41) is 0. The van der Waals surface area contributed by atoms with Gasteiger partial charge in [0, 0.05) is 23.9 Å². The van der Waals surface area contributed by atoms with Crippen LogP contribution < -0.4 is 10.2 Å². The lowest BCUT2D eigenvalue weighted by Crippen LogP contribution is -2.41. The second-order valence-electron chi connectivity index (χ2n) is 6.45. The van der Waals surface area contributed by atoms with Gasteiger partial charge in [0.15, 0.2) is 0 Å². The Hall–Kier alpha value is -1.99. The van der Waals surface area contributed by atoms with Crippen LogP contribution in [0.1, 0.15) is 27.7 Å². The van der Waals surface area contributed by atoms with Crippen molar-refractivity contribution in [1.29, 1.82) is 0 Å². The number of hydrogen-bond donors (Lipinski definition) is 0. The molecule has 3 rings (SSSR count). The van der Waals surface area contributed by atoms with Crippen LogP contribution in [0.2, 0.25) is 0 Å². The molecular formula is C16H18BFN2O3. The minimum absolute atomic E-state index is 0.135. The lowest BCUT2D eigenvalue weighted by Gasteiger charge is -2.32. The van der Waals surface area contributed by atoms with Crippen molar-refractivity contribution < 1.29 is 18.4 Å². The number of halogens is 1. The molecule has 0 amide bonds. The highest BCUT2D eigenvalue weighted by atomic mass is 19.1. The summed E-state index contributed by atoms with van der Waals surface area (Å²) in [6.45, 7) is 7.93. The number of benzene rings is 1. The summed E-state index contributed by atoms with van der Waals surface area (Å²) in [5.74, 6) is -0.0373. The van der Waals surface area contributed by atoms with E-state index in [1.807, 2.05) is 27.7 Å². The molecule has 2 heterocycles. The maximum Gasteiger partial charge on any atom is 0.498 e.